The summed E-state index contributed by atoms with van der Waals surface area (Å²) in [6, 6.07) is 6.62. The monoisotopic (exact) mass is 609 g/mol. The summed E-state index contributed by atoms with van der Waals surface area (Å²) in [5.74, 6) is 0. The molecule has 0 bridgehead atoms. The Morgan fingerprint density at radius 3 is 1.68 bits per heavy atom. The molecule has 0 fully saturated rings. The molecular weight excluding hydrogens is 591 g/mol. The first-order chi connectivity index (χ1) is 15.9. The first kappa shape index (κ1) is 37.7. The van der Waals surface area contributed by atoms with Crippen LogP contribution in [-0.2, 0) is 30.4 Å². The summed E-state index contributed by atoms with van der Waals surface area (Å²) < 4.78 is 104. The van der Waals surface area contributed by atoms with Gasteiger partial charge in [0.25, 0.3) is 10.1 Å². The Bertz CT molecular complexity index is 1640. The van der Waals surface area contributed by atoms with E-state index in [0.29, 0.717) is 0 Å². The van der Waals surface area contributed by atoms with Gasteiger partial charge < -0.3 is 22.0 Å². The van der Waals surface area contributed by atoms with Gasteiger partial charge >= 0.3 is 88.7 Å². The molecular formula is C20H18N3Na3O9S3. The molecule has 12 nitrogen and oxygen atoms in total. The molecule has 0 unspecified atom stereocenters. The number of allylic oxidation sites excluding steroid dienone is 5. The number of hydrogen-bond acceptors (Lipinski definition) is 11. The van der Waals surface area contributed by atoms with E-state index in [1.54, 1.807) is 0 Å². The van der Waals surface area contributed by atoms with Crippen molar-refractivity contribution in [2.75, 3.05) is 11.5 Å². The van der Waals surface area contributed by atoms with Crippen LogP contribution in [0.15, 0.2) is 74.4 Å². The van der Waals surface area contributed by atoms with E-state index in [1.165, 1.54) is 25.1 Å². The molecule has 0 radical (unpaired) electrons. The molecule has 0 aliphatic heterocycles. The van der Waals surface area contributed by atoms with E-state index in [2.05, 4.69) is 0 Å². The standard InChI is InChI=1S/C20H19N3O9S3.3Na.H/c1-10-6-13(9-18(20(10)23)35(30,31)32)19(11-2-4-14(21)16(7-11)33(24,25)26)12-3-5-15(22)17(8-12)34(27,28)29;;;;/h2-9,23H,21-22H2,1H3,(H,24,25,26)(H,27,28,29)(H,30,31,32);;;;/q;3*+1;-1/p-2. The van der Waals surface area contributed by atoms with Gasteiger partial charge in [0.2, 0.25) is 0 Å². The van der Waals surface area contributed by atoms with E-state index in [-0.39, 0.29) is 129 Å². The van der Waals surface area contributed by atoms with Crippen LogP contribution in [0.25, 0.3) is 5.57 Å². The number of anilines is 2. The largest absolute Gasteiger partial charge is 1.00 e. The minimum absolute atomic E-state index is 0. The summed E-state index contributed by atoms with van der Waals surface area (Å²) in [4.78, 5) is -2.39. The normalized spacial score (nSPS) is 15.2. The number of benzene rings is 2. The molecule has 18 heteroatoms. The van der Waals surface area contributed by atoms with Crippen LogP contribution in [-0.4, -0.2) is 44.6 Å². The molecule has 0 aromatic heterocycles. The fourth-order valence-electron chi connectivity index (χ4n) is 3.42. The van der Waals surface area contributed by atoms with Crippen LogP contribution in [0.2, 0.25) is 0 Å². The molecule has 3 rings (SSSR count). The van der Waals surface area contributed by atoms with Crippen molar-refractivity contribution in [3.05, 3.63) is 75.7 Å². The third kappa shape index (κ3) is 8.34. The topological polar surface area (TPSA) is 245 Å². The third-order valence-corrected chi connectivity index (χ3v) is 7.67. The minimum Gasteiger partial charge on any atom is -1.00 e. The second kappa shape index (κ2) is 13.5. The van der Waals surface area contributed by atoms with E-state index in [4.69, 9.17) is 16.9 Å². The maximum atomic E-state index is 11.8. The van der Waals surface area contributed by atoms with Crippen LogP contribution < -0.4 is 100 Å². The molecule has 0 atom stereocenters. The van der Waals surface area contributed by atoms with Gasteiger partial charge in [-0.2, -0.15) is 8.42 Å². The smallest absolute Gasteiger partial charge is 1.00 e. The molecule has 1 aliphatic carbocycles. The molecule has 6 N–H and O–H groups in total. The Balaban J connectivity index is 0. The Hall–Kier alpha value is -0.340. The van der Waals surface area contributed by atoms with Crippen molar-refractivity contribution in [3.63, 3.8) is 0 Å². The molecule has 0 spiro atoms. The van der Waals surface area contributed by atoms with Crippen LogP contribution in [0.3, 0.4) is 0 Å². The van der Waals surface area contributed by atoms with Crippen molar-refractivity contribution in [3.8, 4) is 0 Å². The zero-order chi connectivity index (χ0) is 26.5. The first-order valence-electron chi connectivity index (χ1n) is 9.34. The average molecular weight is 610 g/mol. The van der Waals surface area contributed by atoms with Crippen LogP contribution in [0, 0.1) is 5.41 Å². The predicted octanol–water partition coefficient (Wildman–Crippen LogP) is -7.66. The summed E-state index contributed by atoms with van der Waals surface area (Å²) in [7, 11) is -15.0. The third-order valence-electron chi connectivity index (χ3n) is 5.01. The van der Waals surface area contributed by atoms with Gasteiger partial charge in [-0.05, 0) is 71.2 Å². The number of nitrogens with two attached hydrogens (primary N) is 2. The SMILES string of the molecule is CC1=CC(=C(c2ccc(N)c(S(=O)(=O)[O-])c2)c2ccc(N)c(S(=O)(=O)O)c2)C=C(S(=O)(=O)[O-])C1=N.[H-].[Na+].[Na+].[Na+]. The van der Waals surface area contributed by atoms with E-state index >= 15 is 0 Å². The van der Waals surface area contributed by atoms with Crippen molar-refractivity contribution in [1.29, 1.82) is 5.41 Å². The molecule has 0 saturated heterocycles. The second-order valence-electron chi connectivity index (χ2n) is 7.43. The summed E-state index contributed by atoms with van der Waals surface area (Å²) in [5, 5.41) is 7.93. The summed E-state index contributed by atoms with van der Waals surface area (Å²) in [6.45, 7) is 1.35. The maximum absolute atomic E-state index is 11.8. The van der Waals surface area contributed by atoms with Crippen LogP contribution in [0.5, 0.6) is 0 Å². The minimum atomic E-state index is -5.13. The van der Waals surface area contributed by atoms with E-state index in [1.807, 2.05) is 0 Å². The number of nitrogens with one attached hydrogen (secondary N) is 1. The van der Waals surface area contributed by atoms with Crippen LogP contribution in [0.4, 0.5) is 11.4 Å². The van der Waals surface area contributed by atoms with Gasteiger partial charge in [-0.1, -0.05) is 12.1 Å². The molecule has 0 amide bonds. The number of hydrogen-bond donors (Lipinski definition) is 4. The summed E-state index contributed by atoms with van der Waals surface area (Å²) >= 11 is 0. The molecule has 188 valence electrons. The Kier molecular flexibility index (Phi) is 13.4. The fraction of sp³-hybridized carbons (Fsp3) is 0.0500. The maximum Gasteiger partial charge on any atom is 1.00 e. The Morgan fingerprint density at radius 2 is 1.26 bits per heavy atom. The second-order valence-corrected chi connectivity index (χ2v) is 11.5. The van der Waals surface area contributed by atoms with Crippen molar-refractivity contribution >= 4 is 53.0 Å². The zero-order valence-corrected chi connectivity index (χ0v) is 29.2. The van der Waals surface area contributed by atoms with Crippen molar-refractivity contribution in [1.82, 2.24) is 0 Å². The van der Waals surface area contributed by atoms with Gasteiger partial charge in [0, 0.05) is 5.69 Å². The molecule has 38 heavy (non-hydrogen) atoms. The zero-order valence-electron chi connectivity index (χ0n) is 21.7. The Morgan fingerprint density at radius 1 is 0.816 bits per heavy atom. The summed E-state index contributed by atoms with van der Waals surface area (Å²) in [6.07, 6.45) is 2.16. The molecule has 1 aliphatic rings. The van der Waals surface area contributed by atoms with Crippen molar-refractivity contribution < 1.29 is 129 Å². The molecule has 2 aromatic rings. The fourth-order valence-corrected chi connectivity index (χ4v) is 5.37. The van der Waals surface area contributed by atoms with Gasteiger partial charge in [-0.3, -0.25) is 9.96 Å². The van der Waals surface area contributed by atoms with E-state index in [9.17, 15) is 38.9 Å². The van der Waals surface area contributed by atoms with E-state index in [0.717, 1.165) is 30.3 Å². The van der Waals surface area contributed by atoms with E-state index < -0.39 is 50.8 Å². The van der Waals surface area contributed by atoms with Crippen molar-refractivity contribution in [2.24, 2.45) is 0 Å². The number of rotatable bonds is 5. The van der Waals surface area contributed by atoms with Gasteiger partial charge in [0.1, 0.15) is 25.1 Å². The van der Waals surface area contributed by atoms with Crippen LogP contribution >= 0.6 is 0 Å². The Labute approximate surface area is 287 Å². The molecule has 2 aromatic carbocycles. The first-order valence-corrected chi connectivity index (χ1v) is 13.6. The quantitative estimate of drug-likeness (QED) is 0.141. The average Bonchev–Trinajstić information content (AvgIpc) is 2.70. The predicted molar refractivity (Wildman–Crippen MR) is 126 cm³/mol. The van der Waals surface area contributed by atoms with Gasteiger partial charge in [0.05, 0.1) is 21.2 Å². The number of nitrogen functional groups attached to an aromatic ring is 2. The van der Waals surface area contributed by atoms with Gasteiger partial charge in [-0.25, -0.2) is 16.8 Å². The molecule has 0 heterocycles. The molecule has 0 saturated carbocycles. The van der Waals surface area contributed by atoms with Gasteiger partial charge in [0.15, 0.2) is 0 Å². The van der Waals surface area contributed by atoms with Gasteiger partial charge in [-0.15, -0.1) is 0 Å². The van der Waals surface area contributed by atoms with Crippen molar-refractivity contribution in [2.45, 2.75) is 16.7 Å². The van der Waals surface area contributed by atoms with Crippen LogP contribution in [0.1, 0.15) is 19.5 Å². The summed E-state index contributed by atoms with van der Waals surface area (Å²) in [5.41, 5.74) is 9.90.